The average Bonchev–Trinajstić information content (AvgIpc) is 3.49. The monoisotopic (exact) mass is 463 g/mol. The molecule has 13 heteroatoms. The van der Waals surface area contributed by atoms with Gasteiger partial charge in [0.2, 0.25) is 17.7 Å². The van der Waals surface area contributed by atoms with E-state index in [4.69, 9.17) is 4.42 Å². The summed E-state index contributed by atoms with van der Waals surface area (Å²) in [5.74, 6) is -2.18. The van der Waals surface area contributed by atoms with Crippen LogP contribution in [0.1, 0.15) is 39.4 Å². The standard InChI is InChI=1S/C21H17N7O6/c1-10-22-7-15(34-10)13-8-27(26-25-13)9-17(30)23-12-4-2-3-11-18(12)21(33)28(20(11)32)14-5-6-16(29)24-19(14)31/h2-4,7-8,14H,5-6,9H2,1H3,(H,23,30)(H,24,29,31). The fourth-order valence-corrected chi connectivity index (χ4v) is 3.92. The van der Waals surface area contributed by atoms with Crippen LogP contribution in [0, 0.1) is 6.92 Å². The summed E-state index contributed by atoms with van der Waals surface area (Å²) in [5, 5.41) is 12.6. The number of aromatic nitrogens is 4. The minimum atomic E-state index is -1.10. The van der Waals surface area contributed by atoms with Crippen molar-refractivity contribution in [2.24, 2.45) is 0 Å². The largest absolute Gasteiger partial charge is 0.439 e. The third-order valence-electron chi connectivity index (χ3n) is 5.46. The molecule has 0 saturated carbocycles. The van der Waals surface area contributed by atoms with Crippen molar-refractivity contribution < 1.29 is 28.4 Å². The van der Waals surface area contributed by atoms with E-state index in [0.29, 0.717) is 17.3 Å². The first-order chi connectivity index (χ1) is 16.3. The Morgan fingerprint density at radius 2 is 2.06 bits per heavy atom. The Morgan fingerprint density at radius 1 is 1.24 bits per heavy atom. The molecule has 34 heavy (non-hydrogen) atoms. The first-order valence-corrected chi connectivity index (χ1v) is 10.3. The summed E-state index contributed by atoms with van der Waals surface area (Å²) in [6.45, 7) is 1.47. The van der Waals surface area contributed by atoms with E-state index in [2.05, 4.69) is 25.9 Å². The number of benzene rings is 1. The van der Waals surface area contributed by atoms with Crippen LogP contribution in [-0.4, -0.2) is 60.5 Å². The highest BCUT2D eigenvalue weighted by Gasteiger charge is 2.45. The lowest BCUT2D eigenvalue weighted by molar-refractivity contribution is -0.136. The van der Waals surface area contributed by atoms with Crippen molar-refractivity contribution in [2.45, 2.75) is 32.4 Å². The van der Waals surface area contributed by atoms with Gasteiger partial charge in [0.1, 0.15) is 18.3 Å². The van der Waals surface area contributed by atoms with Crippen molar-refractivity contribution in [2.75, 3.05) is 5.32 Å². The molecule has 1 atom stereocenters. The molecule has 5 rings (SSSR count). The third kappa shape index (κ3) is 3.62. The van der Waals surface area contributed by atoms with Crippen molar-refractivity contribution in [1.82, 2.24) is 30.2 Å². The molecule has 1 fully saturated rings. The van der Waals surface area contributed by atoms with E-state index in [0.717, 1.165) is 4.90 Å². The second-order valence-electron chi connectivity index (χ2n) is 7.77. The summed E-state index contributed by atoms with van der Waals surface area (Å²) >= 11 is 0. The number of nitrogens with zero attached hydrogens (tertiary/aromatic N) is 5. The quantitative estimate of drug-likeness (QED) is 0.505. The molecular formula is C21H17N7O6. The molecule has 0 radical (unpaired) electrons. The summed E-state index contributed by atoms with van der Waals surface area (Å²) in [5.41, 5.74) is 0.578. The van der Waals surface area contributed by atoms with Gasteiger partial charge in [-0.2, -0.15) is 0 Å². The fraction of sp³-hybridized carbons (Fsp3) is 0.238. The number of carbonyl (C=O) groups excluding carboxylic acids is 5. The predicted molar refractivity (Wildman–Crippen MR) is 112 cm³/mol. The zero-order valence-corrected chi connectivity index (χ0v) is 17.8. The molecule has 13 nitrogen and oxygen atoms in total. The highest BCUT2D eigenvalue weighted by molar-refractivity contribution is 6.26. The summed E-state index contributed by atoms with van der Waals surface area (Å²) in [4.78, 5) is 67.1. The molecule has 0 bridgehead atoms. The van der Waals surface area contributed by atoms with Gasteiger partial charge in [-0.15, -0.1) is 5.10 Å². The van der Waals surface area contributed by atoms with E-state index >= 15 is 0 Å². The second kappa shape index (κ2) is 8.03. The zero-order chi connectivity index (χ0) is 24.0. The molecule has 2 aromatic heterocycles. The van der Waals surface area contributed by atoms with Crippen LogP contribution in [-0.2, 0) is 20.9 Å². The Bertz CT molecular complexity index is 1370. The lowest BCUT2D eigenvalue weighted by Crippen LogP contribution is -2.54. The van der Waals surface area contributed by atoms with Gasteiger partial charge in [-0.3, -0.25) is 34.2 Å². The first kappa shape index (κ1) is 21.2. The van der Waals surface area contributed by atoms with Gasteiger partial charge in [-0.1, -0.05) is 11.3 Å². The molecule has 172 valence electrons. The Morgan fingerprint density at radius 3 is 2.79 bits per heavy atom. The number of hydrogen-bond donors (Lipinski definition) is 2. The molecular weight excluding hydrogens is 446 g/mol. The number of nitrogens with one attached hydrogen (secondary N) is 2. The number of piperidine rings is 1. The van der Waals surface area contributed by atoms with Gasteiger partial charge in [0, 0.05) is 13.3 Å². The summed E-state index contributed by atoms with van der Waals surface area (Å²) in [6.07, 6.45) is 3.06. The van der Waals surface area contributed by atoms with Crippen LogP contribution >= 0.6 is 0 Å². The number of oxazole rings is 1. The molecule has 0 spiro atoms. The molecule has 2 aliphatic rings. The van der Waals surface area contributed by atoms with E-state index in [9.17, 15) is 24.0 Å². The Kier molecular flexibility index (Phi) is 5.00. The number of rotatable bonds is 5. The zero-order valence-electron chi connectivity index (χ0n) is 17.8. The number of fused-ring (bicyclic) bond motifs is 1. The molecule has 2 N–H and O–H groups in total. The van der Waals surface area contributed by atoms with Crippen LogP contribution in [0.3, 0.4) is 0 Å². The number of aryl methyl sites for hydroxylation is 1. The van der Waals surface area contributed by atoms with Crippen LogP contribution in [0.5, 0.6) is 0 Å². The fourth-order valence-electron chi connectivity index (χ4n) is 3.92. The minimum absolute atomic E-state index is 0.0121. The normalized spacial score (nSPS) is 17.7. The van der Waals surface area contributed by atoms with Crippen molar-refractivity contribution in [3.63, 3.8) is 0 Å². The van der Waals surface area contributed by atoms with Crippen molar-refractivity contribution in [3.05, 3.63) is 47.6 Å². The maximum atomic E-state index is 13.1. The molecule has 1 unspecified atom stereocenters. The lowest BCUT2D eigenvalue weighted by Gasteiger charge is -2.27. The third-order valence-corrected chi connectivity index (χ3v) is 5.46. The van der Waals surface area contributed by atoms with Crippen LogP contribution < -0.4 is 10.6 Å². The summed E-state index contributed by atoms with van der Waals surface area (Å²) < 4.78 is 6.67. The Balaban J connectivity index is 1.33. The van der Waals surface area contributed by atoms with Crippen molar-refractivity contribution in [3.8, 4) is 11.5 Å². The van der Waals surface area contributed by atoms with Crippen LogP contribution in [0.15, 0.2) is 35.0 Å². The van der Waals surface area contributed by atoms with E-state index in [1.165, 1.54) is 35.3 Å². The SMILES string of the molecule is Cc1ncc(-c2cn(CC(=O)Nc3cccc4c3C(=O)N(C3CCC(=O)NC3=O)C4=O)nn2)o1. The average molecular weight is 463 g/mol. The molecule has 3 aromatic rings. The minimum Gasteiger partial charge on any atom is -0.439 e. The van der Waals surface area contributed by atoms with Gasteiger partial charge < -0.3 is 9.73 Å². The van der Waals surface area contributed by atoms with Crippen molar-refractivity contribution in [1.29, 1.82) is 0 Å². The highest BCUT2D eigenvalue weighted by Crippen LogP contribution is 2.32. The number of imide groups is 2. The van der Waals surface area contributed by atoms with Gasteiger partial charge in [0.05, 0.1) is 29.2 Å². The summed E-state index contributed by atoms with van der Waals surface area (Å²) in [6, 6.07) is 3.36. The molecule has 5 amide bonds. The Hall–Kier alpha value is -4.68. The Labute approximate surface area is 191 Å². The van der Waals surface area contributed by atoms with E-state index < -0.39 is 35.6 Å². The smallest absolute Gasteiger partial charge is 0.264 e. The number of hydrogen-bond acceptors (Lipinski definition) is 9. The first-order valence-electron chi connectivity index (χ1n) is 10.3. The molecule has 4 heterocycles. The lowest BCUT2D eigenvalue weighted by atomic mass is 10.0. The molecule has 1 aromatic carbocycles. The predicted octanol–water partition coefficient (Wildman–Crippen LogP) is 0.281. The maximum absolute atomic E-state index is 13.1. The number of amides is 5. The van der Waals surface area contributed by atoms with Gasteiger partial charge in [0.15, 0.2) is 11.7 Å². The molecule has 2 aliphatic heterocycles. The topological polar surface area (TPSA) is 169 Å². The summed E-state index contributed by atoms with van der Waals surface area (Å²) in [7, 11) is 0. The van der Waals surface area contributed by atoms with Crippen LogP contribution in [0.2, 0.25) is 0 Å². The van der Waals surface area contributed by atoms with Gasteiger partial charge in [-0.25, -0.2) is 9.67 Å². The number of anilines is 1. The molecule has 1 saturated heterocycles. The molecule has 0 aliphatic carbocycles. The van der Waals surface area contributed by atoms with Crippen molar-refractivity contribution >= 4 is 35.2 Å². The van der Waals surface area contributed by atoms with Gasteiger partial charge in [-0.05, 0) is 18.6 Å². The van der Waals surface area contributed by atoms with Gasteiger partial charge in [0.25, 0.3) is 11.8 Å². The van der Waals surface area contributed by atoms with E-state index in [-0.39, 0.29) is 36.2 Å². The maximum Gasteiger partial charge on any atom is 0.264 e. The number of carbonyl (C=O) groups is 5. The second-order valence-corrected chi connectivity index (χ2v) is 7.77. The van der Waals surface area contributed by atoms with Crippen LogP contribution in [0.25, 0.3) is 11.5 Å². The van der Waals surface area contributed by atoms with Crippen LogP contribution in [0.4, 0.5) is 5.69 Å². The van der Waals surface area contributed by atoms with E-state index in [1.54, 1.807) is 6.92 Å². The van der Waals surface area contributed by atoms with Gasteiger partial charge >= 0.3 is 0 Å². The highest BCUT2D eigenvalue weighted by atomic mass is 16.4. The van der Waals surface area contributed by atoms with E-state index in [1.807, 2.05) is 0 Å².